The molecule has 0 aliphatic heterocycles. The third-order valence-electron chi connectivity index (χ3n) is 3.04. The molecule has 0 heterocycles. The Labute approximate surface area is 119 Å². The minimum Gasteiger partial charge on any atom is -0.497 e. The van der Waals surface area contributed by atoms with Gasteiger partial charge in [-0.15, -0.1) is 0 Å². The van der Waals surface area contributed by atoms with Crippen LogP contribution in [0.2, 0.25) is 0 Å². The van der Waals surface area contributed by atoms with Crippen molar-refractivity contribution in [3.63, 3.8) is 0 Å². The van der Waals surface area contributed by atoms with E-state index in [1.807, 2.05) is 0 Å². The first-order valence-electron chi connectivity index (χ1n) is 6.17. The highest BCUT2D eigenvalue weighted by molar-refractivity contribution is 7.93. The molecule has 1 atom stereocenters. The van der Waals surface area contributed by atoms with Gasteiger partial charge < -0.3 is 15.8 Å². The van der Waals surface area contributed by atoms with Crippen molar-refractivity contribution >= 4 is 27.1 Å². The second-order valence-electron chi connectivity index (χ2n) is 4.72. The number of nitrogens with two attached hydrogens (primary N) is 1. The zero-order valence-corrected chi connectivity index (χ0v) is 12.8. The number of hydrogen-bond donors (Lipinski definition) is 2. The molecule has 1 amide bonds. The van der Waals surface area contributed by atoms with Crippen LogP contribution >= 0.6 is 0 Å². The van der Waals surface area contributed by atoms with Gasteiger partial charge in [0.2, 0.25) is 5.91 Å². The fourth-order valence-corrected chi connectivity index (χ4v) is 2.75. The van der Waals surface area contributed by atoms with E-state index in [4.69, 9.17) is 10.5 Å². The third-order valence-corrected chi connectivity index (χ3v) is 5.55. The number of hydrogen-bond acceptors (Lipinski definition) is 5. The van der Waals surface area contributed by atoms with Crippen LogP contribution in [0.4, 0.5) is 11.4 Å². The summed E-state index contributed by atoms with van der Waals surface area (Å²) in [5.41, 5.74) is 6.44. The topological polar surface area (TPSA) is 98.5 Å². The van der Waals surface area contributed by atoms with Crippen LogP contribution in [0.1, 0.15) is 20.8 Å². The average Bonchev–Trinajstić information content (AvgIpc) is 2.39. The quantitative estimate of drug-likeness (QED) is 0.801. The van der Waals surface area contributed by atoms with E-state index in [2.05, 4.69) is 5.32 Å². The number of nitrogen functional groups attached to an aromatic ring is 1. The van der Waals surface area contributed by atoms with Crippen molar-refractivity contribution in [1.29, 1.82) is 0 Å². The summed E-state index contributed by atoms with van der Waals surface area (Å²) >= 11 is 0. The van der Waals surface area contributed by atoms with Crippen molar-refractivity contribution in [1.82, 2.24) is 0 Å². The normalized spacial score (nSPS) is 13.1. The van der Waals surface area contributed by atoms with Crippen LogP contribution in [0.3, 0.4) is 0 Å². The van der Waals surface area contributed by atoms with Crippen molar-refractivity contribution in [3.05, 3.63) is 18.2 Å². The van der Waals surface area contributed by atoms with Gasteiger partial charge in [-0.1, -0.05) is 0 Å². The number of anilines is 2. The fourth-order valence-electron chi connectivity index (χ4n) is 1.57. The van der Waals surface area contributed by atoms with Gasteiger partial charge in [0.05, 0.1) is 23.7 Å². The molecule has 0 aliphatic rings. The summed E-state index contributed by atoms with van der Waals surface area (Å²) in [5, 5.41) is 0.774. The second-order valence-corrected chi connectivity index (χ2v) is 7.55. The number of sulfone groups is 1. The average molecular weight is 300 g/mol. The van der Waals surface area contributed by atoms with Crippen LogP contribution in [0, 0.1) is 0 Å². The van der Waals surface area contributed by atoms with Crippen molar-refractivity contribution in [2.45, 2.75) is 31.3 Å². The molecule has 20 heavy (non-hydrogen) atoms. The predicted octanol–water partition coefficient (Wildman–Crippen LogP) is 1.43. The molecule has 0 spiro atoms. The minimum atomic E-state index is -3.50. The molecule has 0 bridgehead atoms. The molecule has 6 nitrogen and oxygen atoms in total. The molecule has 0 radical (unpaired) electrons. The number of methoxy groups -OCH3 is 1. The molecule has 1 rings (SSSR count). The number of benzene rings is 1. The highest BCUT2D eigenvalue weighted by Crippen LogP contribution is 2.24. The van der Waals surface area contributed by atoms with Gasteiger partial charge in [-0.25, -0.2) is 8.42 Å². The predicted molar refractivity (Wildman–Crippen MR) is 79.6 cm³/mol. The van der Waals surface area contributed by atoms with E-state index >= 15 is 0 Å². The van der Waals surface area contributed by atoms with Gasteiger partial charge in [0.1, 0.15) is 11.0 Å². The second kappa shape index (κ2) is 6.13. The summed E-state index contributed by atoms with van der Waals surface area (Å²) in [6, 6.07) is 4.76. The van der Waals surface area contributed by atoms with E-state index in [-0.39, 0.29) is 0 Å². The molecule has 1 unspecified atom stereocenters. The van der Waals surface area contributed by atoms with Crippen LogP contribution < -0.4 is 15.8 Å². The zero-order chi connectivity index (χ0) is 15.5. The van der Waals surface area contributed by atoms with Crippen LogP contribution in [-0.2, 0) is 14.6 Å². The number of amides is 1. The Morgan fingerprint density at radius 2 is 1.90 bits per heavy atom. The summed E-state index contributed by atoms with van der Waals surface area (Å²) in [6.07, 6.45) is 0. The van der Waals surface area contributed by atoms with E-state index in [1.165, 1.54) is 14.0 Å². The largest absolute Gasteiger partial charge is 0.497 e. The maximum atomic E-state index is 12.0. The molecular formula is C13H20N2O4S. The van der Waals surface area contributed by atoms with Gasteiger partial charge >= 0.3 is 0 Å². The number of carbonyl (C=O) groups excluding carboxylic acids is 1. The Morgan fingerprint density at radius 3 is 2.35 bits per heavy atom. The lowest BCUT2D eigenvalue weighted by molar-refractivity contribution is -0.115. The monoisotopic (exact) mass is 300 g/mol. The fraction of sp³-hybridized carbons (Fsp3) is 0.462. The van der Waals surface area contributed by atoms with Gasteiger partial charge in [0.15, 0.2) is 9.84 Å². The van der Waals surface area contributed by atoms with Crippen molar-refractivity contribution in [2.75, 3.05) is 18.2 Å². The van der Waals surface area contributed by atoms with Gasteiger partial charge in [-0.3, -0.25) is 4.79 Å². The van der Waals surface area contributed by atoms with Crippen molar-refractivity contribution in [2.24, 2.45) is 0 Å². The molecule has 3 N–H and O–H groups in total. The lowest BCUT2D eigenvalue weighted by Crippen LogP contribution is -2.36. The Kier molecular flexibility index (Phi) is 4.99. The van der Waals surface area contributed by atoms with Crippen LogP contribution in [-0.4, -0.2) is 31.9 Å². The molecule has 0 fully saturated rings. The van der Waals surface area contributed by atoms with E-state index < -0.39 is 26.2 Å². The van der Waals surface area contributed by atoms with Crippen LogP contribution in [0.15, 0.2) is 18.2 Å². The Bertz CT molecular complexity index is 596. The highest BCUT2D eigenvalue weighted by Gasteiger charge is 2.30. The third kappa shape index (κ3) is 3.41. The van der Waals surface area contributed by atoms with Crippen molar-refractivity contribution < 1.29 is 17.9 Å². The number of nitrogens with one attached hydrogen (secondary N) is 1. The molecule has 0 aromatic heterocycles. The minimum absolute atomic E-state index is 0.312. The first-order chi connectivity index (χ1) is 9.20. The highest BCUT2D eigenvalue weighted by atomic mass is 32.2. The Balaban J connectivity index is 2.92. The molecule has 0 saturated heterocycles. The molecule has 112 valence electrons. The number of ether oxygens (including phenoxy) is 1. The summed E-state index contributed by atoms with van der Waals surface area (Å²) in [7, 11) is -2.00. The van der Waals surface area contributed by atoms with Gasteiger partial charge in [0, 0.05) is 6.07 Å². The van der Waals surface area contributed by atoms with E-state index in [0.29, 0.717) is 17.1 Å². The van der Waals surface area contributed by atoms with Gasteiger partial charge in [0.25, 0.3) is 0 Å². The molecule has 1 aromatic carbocycles. The van der Waals surface area contributed by atoms with Gasteiger partial charge in [-0.2, -0.15) is 0 Å². The smallest absolute Gasteiger partial charge is 0.242 e. The van der Waals surface area contributed by atoms with Gasteiger partial charge in [-0.05, 0) is 32.9 Å². The molecule has 0 aliphatic carbocycles. The summed E-state index contributed by atoms with van der Waals surface area (Å²) in [4.78, 5) is 12.0. The first-order valence-corrected chi connectivity index (χ1v) is 7.78. The molecule has 1 aromatic rings. The standard InChI is InChI=1S/C13H20N2O4S/c1-8(2)20(17,18)9(3)13(16)15-12-6-5-10(19-4)7-11(12)14/h5-9H,14H2,1-4H3,(H,15,16). The number of carbonyl (C=O) groups is 1. The van der Waals surface area contributed by atoms with E-state index in [0.717, 1.165) is 0 Å². The first kappa shape index (κ1) is 16.3. The lowest BCUT2D eigenvalue weighted by atomic mass is 10.2. The lowest BCUT2D eigenvalue weighted by Gasteiger charge is -2.16. The van der Waals surface area contributed by atoms with Crippen molar-refractivity contribution in [3.8, 4) is 5.75 Å². The Hall–Kier alpha value is -1.76. The van der Waals surface area contributed by atoms with E-state index in [9.17, 15) is 13.2 Å². The van der Waals surface area contributed by atoms with Crippen LogP contribution in [0.25, 0.3) is 0 Å². The summed E-state index contributed by atoms with van der Waals surface area (Å²) in [5.74, 6) is -0.0427. The maximum Gasteiger partial charge on any atom is 0.242 e. The summed E-state index contributed by atoms with van der Waals surface area (Å²) in [6.45, 7) is 4.45. The molecule has 0 saturated carbocycles. The van der Waals surface area contributed by atoms with E-state index in [1.54, 1.807) is 32.0 Å². The number of rotatable bonds is 5. The maximum absolute atomic E-state index is 12.0. The SMILES string of the molecule is COc1ccc(NC(=O)C(C)S(=O)(=O)C(C)C)c(N)c1. The molecule has 7 heteroatoms. The van der Waals surface area contributed by atoms with Crippen LogP contribution in [0.5, 0.6) is 5.75 Å². The molecular weight excluding hydrogens is 280 g/mol. The summed E-state index contributed by atoms with van der Waals surface area (Å²) < 4.78 is 28.9. The Morgan fingerprint density at radius 1 is 1.30 bits per heavy atom. The zero-order valence-electron chi connectivity index (χ0n) is 12.0.